The third-order valence-electron chi connectivity index (χ3n) is 14.1. The summed E-state index contributed by atoms with van der Waals surface area (Å²) in [4.78, 5) is 61.0. The van der Waals surface area contributed by atoms with Crippen LogP contribution in [0.1, 0.15) is 0 Å². The van der Waals surface area contributed by atoms with Gasteiger partial charge < -0.3 is 40.5 Å². The third kappa shape index (κ3) is 22.5. The van der Waals surface area contributed by atoms with Gasteiger partial charge in [-0.25, -0.2) is 0 Å². The van der Waals surface area contributed by atoms with Gasteiger partial charge in [0.1, 0.15) is 68.3 Å². The molecule has 0 amide bonds. The molecule has 28 heteroatoms. The SMILES string of the molecule is O=N[O-].O=N[O-].O=N[O-].O=N[O-].[Fe].[Fe].[N]=O.[N]=O.[N]=O.[N]=O.c1ccc(P(=N[P+](c2ccccc2)(c2ccccc2)c2ccccc2)(c2ccccc2)c2ccccc2)cc1.c1ccc(P(=N[P+](c2ccccc2)(c2ccccc2)c2ccccc2)(c2ccccc2)c2ccccc2)cc1. The standard InChI is InChI=1S/2C36H30NP2.2Fe.4HNO2.4NO/c2*1-7-19-31(20-8-1)38(32-21-9-2-10-22-32,33-23-11-3-12-24-33)37-39(34-25-13-4-14-26-34,35-27-15-5-16-28-35)36-29-17-6-18-30-36;;;4*2-1-3;4*1-2/h2*1-30H;;;4*(H,2,3);;;;/q2*+1;;;;;;;;;;/p-4. The van der Waals surface area contributed by atoms with Crippen molar-refractivity contribution in [1.82, 2.24) is 22.4 Å². The third-order valence-corrected chi connectivity index (χ3v) is 30.9. The van der Waals surface area contributed by atoms with Crippen LogP contribution in [0.3, 0.4) is 0 Å². The molecule has 0 aliphatic carbocycles. The van der Waals surface area contributed by atoms with Crippen molar-refractivity contribution in [2.45, 2.75) is 0 Å². The predicted octanol–water partition coefficient (Wildman–Crippen LogP) is 13.4. The second-order valence-corrected chi connectivity index (χ2v) is 31.8. The van der Waals surface area contributed by atoms with E-state index in [0.29, 0.717) is 0 Å². The van der Waals surface area contributed by atoms with Gasteiger partial charge >= 0.3 is 0 Å². The molecule has 0 atom stereocenters. The Kier molecular flexibility index (Phi) is 43.8. The first-order valence-electron chi connectivity index (χ1n) is 28.6. The van der Waals surface area contributed by atoms with Crippen LogP contribution < -0.4 is 86.0 Å². The molecule has 0 N–H and O–H groups in total. The van der Waals surface area contributed by atoms with Crippen LogP contribution in [0.25, 0.3) is 0 Å². The van der Waals surface area contributed by atoms with Crippen molar-refractivity contribution < 1.29 is 34.1 Å². The van der Waals surface area contributed by atoms with Crippen LogP contribution in [0.4, 0.5) is 0 Å². The molecule has 508 valence electrons. The molecular weight excluding hydrogens is 1430 g/mol. The van der Waals surface area contributed by atoms with Crippen molar-refractivity contribution in [3.05, 3.63) is 424 Å². The topological polar surface area (TPSA) is 392 Å². The predicted molar refractivity (Wildman–Crippen MR) is 404 cm³/mol. The van der Waals surface area contributed by atoms with Crippen LogP contribution >= 0.6 is 28.9 Å². The van der Waals surface area contributed by atoms with Gasteiger partial charge in [-0.15, -0.1) is 50.0 Å². The molecule has 0 aromatic heterocycles. The van der Waals surface area contributed by atoms with Crippen LogP contribution in [0.2, 0.25) is 0 Å². The van der Waals surface area contributed by atoms with E-state index in [1.165, 1.54) is 63.7 Å². The van der Waals surface area contributed by atoms with E-state index in [1.54, 1.807) is 0 Å². The Morgan fingerprint density at radius 3 is 0.390 bits per heavy atom. The number of benzene rings is 12. The molecular formula is C72H60Fe2N10O12P4-2. The first kappa shape index (κ1) is 87.0. The van der Waals surface area contributed by atoms with Gasteiger partial charge in [0.15, 0.2) is 0 Å². The normalized spacial score (nSPS) is 9.68. The van der Waals surface area contributed by atoms with E-state index in [4.69, 9.17) is 91.5 Å². The van der Waals surface area contributed by atoms with Crippen LogP contribution in [-0.2, 0) is 34.1 Å². The summed E-state index contributed by atoms with van der Waals surface area (Å²) < 4.78 is 12.8. The molecule has 0 saturated carbocycles. The van der Waals surface area contributed by atoms with E-state index in [2.05, 4.69) is 364 Å². The molecule has 0 spiro atoms. The minimum absolute atomic E-state index is 0. The number of hydrogen-bond donors (Lipinski definition) is 0. The fourth-order valence-electron chi connectivity index (χ4n) is 10.5. The maximum atomic E-state index is 8.00. The van der Waals surface area contributed by atoms with Gasteiger partial charge in [0.05, 0.1) is 0 Å². The summed E-state index contributed by atoms with van der Waals surface area (Å²) in [7, 11) is -9.99. The summed E-state index contributed by atoms with van der Waals surface area (Å²) in [5, 5.41) is 51.1. The molecule has 0 aliphatic heterocycles. The summed E-state index contributed by atoms with van der Waals surface area (Å²) >= 11 is 0. The Hall–Kier alpha value is -11.0. The first-order valence-corrected chi connectivity index (χ1v) is 35.6. The van der Waals surface area contributed by atoms with Crippen molar-refractivity contribution in [2.24, 2.45) is 30.4 Å². The monoisotopic (exact) mass is 1490 g/mol. The fourth-order valence-corrected chi connectivity index (χ4v) is 29.5. The van der Waals surface area contributed by atoms with Crippen LogP contribution in [0.15, 0.2) is 394 Å². The Morgan fingerprint density at radius 1 is 0.200 bits per heavy atom. The van der Waals surface area contributed by atoms with E-state index < -0.39 is 28.9 Å². The van der Waals surface area contributed by atoms with Crippen molar-refractivity contribution in [1.29, 1.82) is 0 Å². The summed E-state index contributed by atoms with van der Waals surface area (Å²) in [6, 6.07) is 131. The zero-order chi connectivity index (χ0) is 71.6. The van der Waals surface area contributed by atoms with Gasteiger partial charge in [-0.3, -0.25) is 0 Å². The summed E-state index contributed by atoms with van der Waals surface area (Å²) in [6.07, 6.45) is 0. The molecule has 12 aromatic rings. The number of nitrogens with zero attached hydrogens (tertiary/aromatic N) is 10. The Bertz CT molecular complexity index is 3560. The van der Waals surface area contributed by atoms with Crippen molar-refractivity contribution in [2.75, 3.05) is 0 Å². The van der Waals surface area contributed by atoms with E-state index in [-0.39, 0.29) is 34.1 Å². The van der Waals surface area contributed by atoms with Gasteiger partial charge in [-0.1, -0.05) is 291 Å². The average molecular weight is 1490 g/mol. The Balaban J connectivity index is 0.000000783. The smallest absolute Gasteiger partial charge is 0.228 e. The van der Waals surface area contributed by atoms with Gasteiger partial charge in [-0.2, -0.15) is 0 Å². The second-order valence-electron chi connectivity index (χ2n) is 19.0. The molecule has 4 radical (unpaired) electrons. The molecule has 0 fully saturated rings. The number of nitroso groups, excluding NO2 is 4. The first-order chi connectivity index (χ1) is 48.3. The van der Waals surface area contributed by atoms with E-state index >= 15 is 0 Å². The molecule has 0 unspecified atom stereocenters. The summed E-state index contributed by atoms with van der Waals surface area (Å²) in [5.41, 5.74) is 23.0. The van der Waals surface area contributed by atoms with Gasteiger partial charge in [-0.05, 0) is 72.8 Å². The zero-order valence-corrected chi connectivity index (χ0v) is 58.3. The van der Waals surface area contributed by atoms with Crippen molar-refractivity contribution in [3.63, 3.8) is 0 Å². The maximum absolute atomic E-state index is 8.00. The van der Waals surface area contributed by atoms with Crippen molar-refractivity contribution >= 4 is 92.6 Å². The fraction of sp³-hybridized carbons (Fsp3) is 0. The molecule has 0 aliphatic rings. The average Bonchev–Trinajstić information content (AvgIpc) is 0.728. The Labute approximate surface area is 599 Å². The van der Waals surface area contributed by atoms with Crippen LogP contribution in [0, 0.1) is 60.1 Å². The number of rotatable bonds is 14. The molecule has 100 heavy (non-hydrogen) atoms. The molecule has 12 aromatic carbocycles. The van der Waals surface area contributed by atoms with Crippen LogP contribution in [-0.4, -0.2) is 0 Å². The van der Waals surface area contributed by atoms with E-state index in [9.17, 15) is 0 Å². The second kappa shape index (κ2) is 50.4. The minimum Gasteiger partial charge on any atom is -0.444 e. The maximum Gasteiger partial charge on any atom is 0.228 e. The molecule has 22 nitrogen and oxygen atoms in total. The largest absolute Gasteiger partial charge is 0.444 e. The summed E-state index contributed by atoms with van der Waals surface area (Å²) in [6.45, 7) is 0. The molecule has 0 bridgehead atoms. The van der Waals surface area contributed by atoms with Gasteiger partial charge in [0.25, 0.3) is 0 Å². The van der Waals surface area contributed by atoms with Gasteiger partial charge in [0, 0.05) is 66.0 Å². The Morgan fingerprint density at radius 2 is 0.290 bits per heavy atom. The molecule has 0 heterocycles. The molecule has 0 saturated heterocycles. The zero-order valence-electron chi connectivity index (χ0n) is 52.5. The quantitative estimate of drug-likeness (QED) is 0.0424. The molecule has 12 rings (SSSR count). The number of hydrogen-bond acceptors (Lipinski definition) is 18. The van der Waals surface area contributed by atoms with E-state index in [1.807, 2.05) is 0 Å². The van der Waals surface area contributed by atoms with Crippen molar-refractivity contribution in [3.8, 4) is 0 Å². The van der Waals surface area contributed by atoms with Crippen LogP contribution in [0.5, 0.6) is 0 Å². The summed E-state index contributed by atoms with van der Waals surface area (Å²) in [5.74, 6) is 0. The minimum atomic E-state index is -2.50. The van der Waals surface area contributed by atoms with Gasteiger partial charge in [0.2, 0.25) is 14.8 Å². The van der Waals surface area contributed by atoms with E-state index in [0.717, 1.165) is 21.4 Å².